The van der Waals surface area contributed by atoms with Crippen LogP contribution < -0.4 is 5.43 Å². The third-order valence-corrected chi connectivity index (χ3v) is 2.52. The van der Waals surface area contributed by atoms with Crippen LogP contribution in [0.15, 0.2) is 23.3 Å². The van der Waals surface area contributed by atoms with Crippen LogP contribution in [-0.4, -0.2) is 16.7 Å². The Morgan fingerprint density at radius 1 is 1.40 bits per heavy atom. The lowest BCUT2D eigenvalue weighted by molar-refractivity contribution is -0.121. The van der Waals surface area contributed by atoms with E-state index < -0.39 is 0 Å². The van der Waals surface area contributed by atoms with Crippen molar-refractivity contribution in [2.24, 2.45) is 5.10 Å². The summed E-state index contributed by atoms with van der Waals surface area (Å²) in [6.07, 6.45) is 1.07. The molecule has 15 heavy (non-hydrogen) atoms. The number of nitrogens with one attached hydrogen (secondary N) is 1. The number of amides is 1. The van der Waals surface area contributed by atoms with Crippen LogP contribution in [0, 0.1) is 6.92 Å². The van der Waals surface area contributed by atoms with Gasteiger partial charge in [-0.1, -0.05) is 12.1 Å². The maximum atomic E-state index is 10.9. The summed E-state index contributed by atoms with van der Waals surface area (Å²) in [5.41, 5.74) is 4.96. The van der Waals surface area contributed by atoms with Gasteiger partial charge in [-0.15, -0.1) is 0 Å². The average molecular weight is 204 g/mol. The van der Waals surface area contributed by atoms with Gasteiger partial charge < -0.3 is 5.11 Å². The van der Waals surface area contributed by atoms with Crippen LogP contribution in [-0.2, 0) is 4.79 Å². The molecular weight excluding hydrogens is 192 g/mol. The molecule has 0 spiro atoms. The second kappa shape index (κ2) is 3.73. The highest BCUT2D eigenvalue weighted by molar-refractivity contribution is 6.05. The number of carbonyl (C=O) groups is 1. The maximum Gasteiger partial charge on any atom is 0.240 e. The van der Waals surface area contributed by atoms with E-state index in [0.29, 0.717) is 12.8 Å². The molecule has 1 heterocycles. The lowest BCUT2D eigenvalue weighted by Gasteiger charge is -2.14. The summed E-state index contributed by atoms with van der Waals surface area (Å²) in [5, 5.41) is 13.5. The Labute approximate surface area is 87.6 Å². The number of phenolic OH excluding ortho intramolecular Hbond substituents is 1. The number of hydrogen-bond donors (Lipinski definition) is 2. The van der Waals surface area contributed by atoms with Gasteiger partial charge in [-0.25, -0.2) is 5.43 Å². The standard InChI is InChI=1S/C11H12N2O2/c1-7-8(3-2-4-10(7)14)9-5-6-11(15)13-12-9/h2-4,14H,5-6H2,1H3,(H,13,15). The van der Waals surface area contributed by atoms with Crippen molar-refractivity contribution in [3.05, 3.63) is 29.3 Å². The van der Waals surface area contributed by atoms with Crippen molar-refractivity contribution in [3.8, 4) is 5.75 Å². The number of rotatable bonds is 1. The molecule has 0 unspecified atom stereocenters. The fraction of sp³-hybridized carbons (Fsp3) is 0.273. The SMILES string of the molecule is Cc1c(O)cccc1C1=NNC(=O)CC1. The minimum Gasteiger partial charge on any atom is -0.508 e. The van der Waals surface area contributed by atoms with E-state index in [1.807, 2.05) is 13.0 Å². The smallest absolute Gasteiger partial charge is 0.240 e. The summed E-state index contributed by atoms with van der Waals surface area (Å²) >= 11 is 0. The Bertz CT molecular complexity index is 438. The molecule has 0 bridgehead atoms. The van der Waals surface area contributed by atoms with E-state index in [2.05, 4.69) is 10.5 Å². The number of nitrogens with zero attached hydrogens (tertiary/aromatic N) is 1. The maximum absolute atomic E-state index is 10.9. The normalized spacial score (nSPS) is 15.8. The number of carbonyl (C=O) groups excluding carboxylic acids is 1. The van der Waals surface area contributed by atoms with Crippen molar-refractivity contribution in [1.82, 2.24) is 5.43 Å². The molecule has 2 rings (SSSR count). The summed E-state index contributed by atoms with van der Waals surface area (Å²) in [6, 6.07) is 5.31. The van der Waals surface area contributed by atoms with E-state index >= 15 is 0 Å². The van der Waals surface area contributed by atoms with E-state index in [0.717, 1.165) is 16.8 Å². The summed E-state index contributed by atoms with van der Waals surface area (Å²) in [4.78, 5) is 10.9. The topological polar surface area (TPSA) is 61.7 Å². The molecule has 1 aromatic rings. The summed E-state index contributed by atoms with van der Waals surface area (Å²) < 4.78 is 0. The lowest BCUT2D eigenvalue weighted by Crippen LogP contribution is -2.26. The molecule has 0 saturated heterocycles. The molecule has 4 nitrogen and oxygen atoms in total. The second-order valence-corrected chi connectivity index (χ2v) is 3.54. The van der Waals surface area contributed by atoms with E-state index in [1.54, 1.807) is 12.1 Å². The Kier molecular flexibility index (Phi) is 2.41. The Balaban J connectivity index is 2.38. The fourth-order valence-corrected chi connectivity index (χ4v) is 1.60. The molecule has 0 aromatic heterocycles. The summed E-state index contributed by atoms with van der Waals surface area (Å²) in [5.74, 6) is 0.198. The predicted octanol–water partition coefficient (Wildman–Crippen LogP) is 1.31. The zero-order valence-corrected chi connectivity index (χ0v) is 8.45. The fourth-order valence-electron chi connectivity index (χ4n) is 1.60. The van der Waals surface area contributed by atoms with E-state index in [9.17, 15) is 9.90 Å². The zero-order valence-electron chi connectivity index (χ0n) is 8.45. The second-order valence-electron chi connectivity index (χ2n) is 3.54. The Morgan fingerprint density at radius 3 is 2.87 bits per heavy atom. The molecule has 0 fully saturated rings. The van der Waals surface area contributed by atoms with Gasteiger partial charge in [0.2, 0.25) is 5.91 Å². The van der Waals surface area contributed by atoms with Gasteiger partial charge in [0, 0.05) is 18.4 Å². The van der Waals surface area contributed by atoms with Crippen LogP contribution in [0.3, 0.4) is 0 Å². The van der Waals surface area contributed by atoms with Crippen LogP contribution in [0.1, 0.15) is 24.0 Å². The van der Waals surface area contributed by atoms with Crippen molar-refractivity contribution in [2.75, 3.05) is 0 Å². The summed E-state index contributed by atoms with van der Waals surface area (Å²) in [7, 11) is 0. The Morgan fingerprint density at radius 2 is 2.20 bits per heavy atom. The third kappa shape index (κ3) is 1.83. The molecule has 78 valence electrons. The van der Waals surface area contributed by atoms with E-state index in [1.165, 1.54) is 0 Å². The largest absolute Gasteiger partial charge is 0.508 e. The molecule has 0 saturated carbocycles. The molecule has 1 aliphatic rings. The summed E-state index contributed by atoms with van der Waals surface area (Å²) in [6.45, 7) is 1.84. The molecule has 0 radical (unpaired) electrons. The van der Waals surface area contributed by atoms with Crippen molar-refractivity contribution in [3.63, 3.8) is 0 Å². The highest BCUT2D eigenvalue weighted by Gasteiger charge is 2.15. The van der Waals surface area contributed by atoms with Crippen molar-refractivity contribution >= 4 is 11.6 Å². The molecule has 2 N–H and O–H groups in total. The molecule has 1 amide bonds. The first-order chi connectivity index (χ1) is 7.18. The molecule has 1 aromatic carbocycles. The minimum absolute atomic E-state index is 0.0587. The highest BCUT2D eigenvalue weighted by atomic mass is 16.3. The molecular formula is C11H12N2O2. The van der Waals surface area contributed by atoms with Crippen LogP contribution in [0.5, 0.6) is 5.75 Å². The van der Waals surface area contributed by atoms with Crippen molar-refractivity contribution in [2.45, 2.75) is 19.8 Å². The lowest BCUT2D eigenvalue weighted by atomic mass is 9.99. The third-order valence-electron chi connectivity index (χ3n) is 2.52. The van der Waals surface area contributed by atoms with Crippen LogP contribution in [0.4, 0.5) is 0 Å². The van der Waals surface area contributed by atoms with Gasteiger partial charge in [-0.2, -0.15) is 5.10 Å². The van der Waals surface area contributed by atoms with Gasteiger partial charge in [0.1, 0.15) is 5.75 Å². The minimum atomic E-state index is -0.0587. The quantitative estimate of drug-likeness (QED) is 0.724. The first-order valence-corrected chi connectivity index (χ1v) is 4.83. The van der Waals surface area contributed by atoms with Gasteiger partial charge in [0.15, 0.2) is 0 Å². The van der Waals surface area contributed by atoms with Gasteiger partial charge in [-0.3, -0.25) is 4.79 Å². The van der Waals surface area contributed by atoms with E-state index in [4.69, 9.17) is 0 Å². The number of hydrazone groups is 1. The Hall–Kier alpha value is -1.84. The first kappa shape index (κ1) is 9.71. The number of benzene rings is 1. The zero-order chi connectivity index (χ0) is 10.8. The van der Waals surface area contributed by atoms with E-state index in [-0.39, 0.29) is 11.7 Å². The average Bonchev–Trinajstić information content (AvgIpc) is 2.24. The van der Waals surface area contributed by atoms with Crippen LogP contribution in [0.2, 0.25) is 0 Å². The first-order valence-electron chi connectivity index (χ1n) is 4.83. The molecule has 0 atom stereocenters. The van der Waals surface area contributed by atoms with Gasteiger partial charge in [-0.05, 0) is 18.6 Å². The molecule has 1 aliphatic heterocycles. The van der Waals surface area contributed by atoms with Crippen molar-refractivity contribution < 1.29 is 9.90 Å². The van der Waals surface area contributed by atoms with Gasteiger partial charge in [0.05, 0.1) is 5.71 Å². The predicted molar refractivity (Wildman–Crippen MR) is 56.8 cm³/mol. The number of aromatic hydroxyl groups is 1. The van der Waals surface area contributed by atoms with Gasteiger partial charge in [0.25, 0.3) is 0 Å². The van der Waals surface area contributed by atoms with Crippen LogP contribution >= 0.6 is 0 Å². The monoisotopic (exact) mass is 204 g/mol. The molecule has 0 aliphatic carbocycles. The highest BCUT2D eigenvalue weighted by Crippen LogP contribution is 2.22. The molecule has 4 heteroatoms. The number of hydrogen-bond acceptors (Lipinski definition) is 3. The van der Waals surface area contributed by atoms with Crippen LogP contribution in [0.25, 0.3) is 0 Å². The number of phenols is 1. The van der Waals surface area contributed by atoms with Gasteiger partial charge >= 0.3 is 0 Å². The van der Waals surface area contributed by atoms with Crippen molar-refractivity contribution in [1.29, 1.82) is 0 Å².